The number of benzene rings is 3. The zero-order valence-electron chi connectivity index (χ0n) is 16.2. The molecular weight excluding hydrogens is 439 g/mol. The Morgan fingerprint density at radius 2 is 0.857 bits per heavy atom. The monoisotopic (exact) mass is 462 g/mol. The van der Waals surface area contributed by atoms with E-state index in [2.05, 4.69) is 72.8 Å². The molecule has 0 amide bonds. The van der Waals surface area contributed by atoms with Gasteiger partial charge in [-0.3, -0.25) is 0 Å². The van der Waals surface area contributed by atoms with E-state index in [0.29, 0.717) is 0 Å². The smallest absolute Gasteiger partial charge is 0.377 e. The molecule has 28 heavy (non-hydrogen) atoms. The van der Waals surface area contributed by atoms with Gasteiger partial charge in [0, 0.05) is 0 Å². The van der Waals surface area contributed by atoms with Gasteiger partial charge >= 0.3 is 15.5 Å². The fourth-order valence-corrected chi connectivity index (χ4v) is 18.2. The second kappa shape index (κ2) is 8.67. The lowest BCUT2D eigenvalue weighted by Crippen LogP contribution is -2.73. The quantitative estimate of drug-likeness (QED) is 0.293. The highest BCUT2D eigenvalue weighted by atomic mass is 35.7. The van der Waals surface area contributed by atoms with Crippen molar-refractivity contribution in [2.45, 2.75) is 19.6 Å². The van der Waals surface area contributed by atoms with Crippen LogP contribution in [0.15, 0.2) is 91.0 Å². The molecule has 3 aromatic carbocycles. The van der Waals surface area contributed by atoms with Crippen molar-refractivity contribution in [3.05, 3.63) is 91.0 Å². The highest BCUT2D eigenvalue weighted by Crippen LogP contribution is 2.25. The number of rotatable bonds is 7. The van der Waals surface area contributed by atoms with Crippen molar-refractivity contribution in [3.63, 3.8) is 0 Å². The van der Waals surface area contributed by atoms with Crippen molar-refractivity contribution in [3.8, 4) is 0 Å². The Hall–Kier alpha value is -1.19. The average molecular weight is 464 g/mol. The van der Waals surface area contributed by atoms with Crippen LogP contribution in [0.2, 0.25) is 19.6 Å². The normalized spacial score (nSPS) is 12.8. The predicted octanol–water partition coefficient (Wildman–Crippen LogP) is 4.43. The Bertz CT molecular complexity index is 789. The first kappa shape index (κ1) is 21.5. The molecule has 0 saturated carbocycles. The summed E-state index contributed by atoms with van der Waals surface area (Å²) >= 11 is 12.7. The van der Waals surface area contributed by atoms with Crippen molar-refractivity contribution in [1.29, 1.82) is 0 Å². The maximum absolute atomic E-state index is 7.08. The van der Waals surface area contributed by atoms with Gasteiger partial charge in [-0.05, 0) is 35.2 Å². The molecule has 146 valence electrons. The predicted molar refractivity (Wildman–Crippen MR) is 127 cm³/mol. The van der Waals surface area contributed by atoms with Gasteiger partial charge < -0.3 is 8.23 Å². The summed E-state index contributed by atoms with van der Waals surface area (Å²) in [7, 11) is -5.48. The summed E-state index contributed by atoms with van der Waals surface area (Å²) in [5.41, 5.74) is 0. The fourth-order valence-electron chi connectivity index (χ4n) is 3.52. The Morgan fingerprint density at radius 1 is 0.536 bits per heavy atom. The van der Waals surface area contributed by atoms with Gasteiger partial charge in [-0.25, -0.2) is 0 Å². The maximum Gasteiger partial charge on any atom is 0.377 e. The van der Waals surface area contributed by atoms with Gasteiger partial charge in [0.15, 0.2) is 0 Å². The number of halogens is 2. The van der Waals surface area contributed by atoms with Crippen LogP contribution in [-0.2, 0) is 8.23 Å². The van der Waals surface area contributed by atoms with E-state index >= 15 is 0 Å². The van der Waals surface area contributed by atoms with E-state index in [-0.39, 0.29) is 0 Å². The molecule has 0 bridgehead atoms. The van der Waals surface area contributed by atoms with Crippen LogP contribution in [0, 0.1) is 0 Å². The Kier molecular flexibility index (Phi) is 6.66. The number of hydrogen-bond acceptors (Lipinski definition) is 2. The van der Waals surface area contributed by atoms with Crippen molar-refractivity contribution in [2.75, 3.05) is 0 Å². The molecule has 3 aromatic rings. The minimum absolute atomic E-state index is 1.17. The molecular formula is C21H24Cl2O2Si3. The molecule has 0 N–H and O–H groups in total. The topological polar surface area (TPSA) is 18.5 Å². The summed E-state index contributed by atoms with van der Waals surface area (Å²) in [5, 5.41) is 3.51. The summed E-state index contributed by atoms with van der Waals surface area (Å²) in [6, 6.07) is 31.3. The molecule has 0 spiro atoms. The third-order valence-corrected chi connectivity index (χ3v) is 15.8. The van der Waals surface area contributed by atoms with E-state index in [9.17, 15) is 0 Å². The van der Waals surface area contributed by atoms with Gasteiger partial charge in [0.2, 0.25) is 0 Å². The third-order valence-electron chi connectivity index (χ3n) is 4.36. The maximum atomic E-state index is 7.08. The first-order valence-electron chi connectivity index (χ1n) is 9.18. The van der Waals surface area contributed by atoms with E-state index in [1.54, 1.807) is 6.55 Å². The largest absolute Gasteiger partial charge is 0.426 e. The van der Waals surface area contributed by atoms with Gasteiger partial charge in [0.05, 0.1) is 0 Å². The summed E-state index contributed by atoms with van der Waals surface area (Å²) in [6.45, 7) is 3.03. The third kappa shape index (κ3) is 5.04. The fraction of sp³-hybridized carbons (Fsp3) is 0.143. The SMILES string of the molecule is C[Si](Cl)(Cl)O[Si](C)(C)O[Si](c1ccccc1)(c1ccccc1)c1ccccc1. The molecule has 0 aliphatic carbocycles. The highest BCUT2D eigenvalue weighted by molar-refractivity contribution is 7.43. The summed E-state index contributed by atoms with van der Waals surface area (Å²) in [6.07, 6.45) is 0. The van der Waals surface area contributed by atoms with Crippen LogP contribution in [0.1, 0.15) is 0 Å². The molecule has 7 heteroatoms. The van der Waals surface area contributed by atoms with Gasteiger partial charge in [-0.15, -0.1) is 22.2 Å². The van der Waals surface area contributed by atoms with Crippen LogP contribution in [0.4, 0.5) is 0 Å². The van der Waals surface area contributed by atoms with E-state index < -0.39 is 23.8 Å². The molecule has 2 nitrogen and oxygen atoms in total. The van der Waals surface area contributed by atoms with Crippen LogP contribution >= 0.6 is 22.2 Å². The summed E-state index contributed by atoms with van der Waals surface area (Å²) in [4.78, 5) is 0. The van der Waals surface area contributed by atoms with E-state index in [0.717, 1.165) is 0 Å². The molecule has 0 aliphatic heterocycles. The first-order valence-corrected chi connectivity index (χ1v) is 18.3. The summed E-state index contributed by atoms with van der Waals surface area (Å²) in [5.74, 6) is 0. The first-order chi connectivity index (χ1) is 13.2. The van der Waals surface area contributed by atoms with Crippen LogP contribution in [0.25, 0.3) is 0 Å². The zero-order valence-corrected chi connectivity index (χ0v) is 20.7. The van der Waals surface area contributed by atoms with Crippen molar-refractivity contribution in [2.24, 2.45) is 0 Å². The molecule has 0 radical (unpaired) electrons. The van der Waals surface area contributed by atoms with Crippen molar-refractivity contribution >= 4 is 61.5 Å². The van der Waals surface area contributed by atoms with Crippen molar-refractivity contribution < 1.29 is 8.23 Å². The van der Waals surface area contributed by atoms with Crippen molar-refractivity contribution in [1.82, 2.24) is 0 Å². The Labute approximate surface area is 180 Å². The van der Waals surface area contributed by atoms with Gasteiger partial charge in [0.25, 0.3) is 8.32 Å². The zero-order chi connectivity index (χ0) is 20.3. The molecule has 0 heterocycles. The minimum atomic E-state index is -2.82. The van der Waals surface area contributed by atoms with Crippen LogP contribution in [0.5, 0.6) is 0 Å². The summed E-state index contributed by atoms with van der Waals surface area (Å²) < 4.78 is 13.2. The minimum Gasteiger partial charge on any atom is -0.426 e. The lowest BCUT2D eigenvalue weighted by molar-refractivity contribution is 0.414. The van der Waals surface area contributed by atoms with Gasteiger partial charge in [-0.1, -0.05) is 91.0 Å². The Morgan fingerprint density at radius 3 is 1.14 bits per heavy atom. The molecule has 0 fully saturated rings. The molecule has 0 aliphatic rings. The Balaban J connectivity index is 2.25. The van der Waals surface area contributed by atoms with Crippen LogP contribution in [-0.4, -0.2) is 23.8 Å². The average Bonchev–Trinajstić information content (AvgIpc) is 2.66. The second-order valence-corrected chi connectivity index (χ2v) is 21.2. The lowest BCUT2D eigenvalue weighted by Gasteiger charge is -2.40. The second-order valence-electron chi connectivity index (χ2n) is 7.19. The van der Waals surface area contributed by atoms with Gasteiger partial charge in [-0.2, -0.15) is 0 Å². The number of hydrogen-bond donors (Lipinski definition) is 0. The molecule has 0 unspecified atom stereocenters. The molecule has 0 saturated heterocycles. The molecule has 0 aromatic heterocycles. The lowest BCUT2D eigenvalue weighted by atomic mass is 10.3. The van der Waals surface area contributed by atoms with Crippen LogP contribution in [0.3, 0.4) is 0 Å². The van der Waals surface area contributed by atoms with E-state index in [4.69, 9.17) is 30.4 Å². The van der Waals surface area contributed by atoms with E-state index in [1.165, 1.54) is 15.6 Å². The highest BCUT2D eigenvalue weighted by Gasteiger charge is 2.49. The van der Waals surface area contributed by atoms with Gasteiger partial charge in [0.1, 0.15) is 0 Å². The van der Waals surface area contributed by atoms with E-state index in [1.807, 2.05) is 31.3 Å². The standard InChI is InChI=1S/C21H24Cl2O2Si3/c1-26(2,24-27(3,22)23)25-28(19-13-7-4-8-14-19,20-15-9-5-10-16-20)21-17-11-6-12-18-21/h4-18H,1-3H3. The molecule has 0 atom stereocenters. The molecule has 3 rings (SSSR count). The van der Waals surface area contributed by atoms with Crippen LogP contribution < -0.4 is 15.6 Å².